The average Bonchev–Trinajstić information content (AvgIpc) is 1.41. The van der Waals surface area contributed by atoms with Crippen molar-refractivity contribution in [2.24, 2.45) is 0 Å². The number of rotatable bonds is 0. The maximum absolute atomic E-state index is 8.44. The average molecular weight is 157 g/mol. The van der Waals surface area contributed by atoms with Gasteiger partial charge in [-0.3, -0.25) is 0 Å². The van der Waals surface area contributed by atoms with Gasteiger partial charge in [0.1, 0.15) is 0 Å². The van der Waals surface area contributed by atoms with Gasteiger partial charge in [-0.25, -0.2) is 0 Å². The van der Waals surface area contributed by atoms with E-state index in [0.29, 0.717) is 0 Å². The van der Waals surface area contributed by atoms with Gasteiger partial charge >= 0.3 is 39.1 Å². The Kier molecular flexibility index (Phi) is 36.7. The van der Waals surface area contributed by atoms with Crippen LogP contribution in [0, 0.1) is 0 Å². The zero-order valence-electron chi connectivity index (χ0n) is 3.67. The topological polar surface area (TPSA) is 77.4 Å². The molecule has 0 fully saturated rings. The van der Waals surface area contributed by atoms with Gasteiger partial charge in [-0.15, -0.1) is 0 Å². The van der Waals surface area contributed by atoms with E-state index < -0.39 is 6.16 Å². The molecule has 0 rings (SSSR count). The molecule has 0 aliphatic heterocycles. The van der Waals surface area contributed by atoms with Crippen LogP contribution in [0.4, 0.5) is 4.79 Å². The summed E-state index contributed by atoms with van der Waals surface area (Å²) in [5.74, 6) is 0. The fourth-order valence-electron chi connectivity index (χ4n) is 0. The van der Waals surface area contributed by atoms with Crippen molar-refractivity contribution in [3.05, 3.63) is 0 Å². The molecule has 0 aliphatic carbocycles. The Morgan fingerprint density at radius 2 is 1.57 bits per heavy atom. The fourth-order valence-corrected chi connectivity index (χ4v) is 0. The molecule has 0 aromatic rings. The van der Waals surface area contributed by atoms with Gasteiger partial charge in [-0.1, -0.05) is 0 Å². The van der Waals surface area contributed by atoms with E-state index in [0.717, 1.165) is 16.5 Å². The van der Waals surface area contributed by atoms with E-state index in [1.165, 1.54) is 0 Å². The van der Waals surface area contributed by atoms with Gasteiger partial charge in [0.25, 0.3) is 0 Å². The third kappa shape index (κ3) is 2490. The maximum atomic E-state index is 8.44. The van der Waals surface area contributed by atoms with Gasteiger partial charge in [0, 0.05) is 0 Å². The van der Waals surface area contributed by atoms with Crippen LogP contribution in [0.25, 0.3) is 0 Å². The van der Waals surface area contributed by atoms with E-state index in [9.17, 15) is 0 Å². The Morgan fingerprint density at radius 1 is 1.57 bits per heavy atom. The van der Waals surface area contributed by atoms with Crippen molar-refractivity contribution in [2.75, 3.05) is 0 Å². The Labute approximate surface area is 60.5 Å². The van der Waals surface area contributed by atoms with E-state index in [-0.39, 0.29) is 18.9 Å². The Bertz CT molecular complexity index is 43.0. The third-order valence-corrected chi connectivity index (χ3v) is 0. The minimum absolute atomic E-state index is 0. The van der Waals surface area contributed by atoms with Crippen LogP contribution in [-0.2, 0) is 3.78 Å². The normalized spacial score (nSPS) is 4.00. The van der Waals surface area contributed by atoms with E-state index >= 15 is 0 Å². The monoisotopic (exact) mass is 158 g/mol. The van der Waals surface area contributed by atoms with Crippen molar-refractivity contribution in [2.45, 2.75) is 0 Å². The second kappa shape index (κ2) is 16.4. The molecule has 0 aliphatic rings. The van der Waals surface area contributed by atoms with Crippen molar-refractivity contribution in [1.29, 1.82) is 0 Å². The molecule has 0 unspecified atom stereocenters. The molecule has 0 heterocycles. The first kappa shape index (κ1) is 15.7. The van der Waals surface area contributed by atoms with Crippen molar-refractivity contribution in [3.8, 4) is 0 Å². The molecule has 2 radical (unpaired) electrons. The van der Waals surface area contributed by atoms with E-state index in [1.54, 1.807) is 0 Å². The van der Waals surface area contributed by atoms with E-state index in [2.05, 4.69) is 0 Å². The summed E-state index contributed by atoms with van der Waals surface area (Å²) in [7, 11) is 0. The molecule has 4 nitrogen and oxygen atoms in total. The summed E-state index contributed by atoms with van der Waals surface area (Å²) in [4.78, 5) is 8.44. The molecular weight excluding hydrogens is 156 g/mol. The molecule has 7 heavy (non-hydrogen) atoms. The van der Waals surface area contributed by atoms with Gasteiger partial charge in [-0.05, 0) is 0 Å². The van der Waals surface area contributed by atoms with Gasteiger partial charge < -0.3 is 15.0 Å². The molecule has 0 atom stereocenters. The predicted molar refractivity (Wildman–Crippen MR) is 14.5 cm³/mol. The molecule has 6 heteroatoms. The summed E-state index contributed by atoms with van der Waals surface area (Å²) in [5, 5.41) is 15.3. The van der Waals surface area contributed by atoms with Crippen LogP contribution in [0.1, 0.15) is 0 Å². The zero-order valence-corrected chi connectivity index (χ0v) is 5.77. The first-order valence-corrected chi connectivity index (χ1v) is 1.69. The molecule has 0 aromatic carbocycles. The molecule has 0 saturated heterocycles. The first-order chi connectivity index (χ1) is 2.73. The molecule has 0 aromatic heterocycles. The minimum atomic E-state index is -2.08. The number of carbonyl (C=O) groups is 1. The van der Waals surface area contributed by atoms with Gasteiger partial charge in [0.2, 0.25) is 6.16 Å². The van der Waals surface area contributed by atoms with Crippen LogP contribution in [0.2, 0.25) is 0 Å². The van der Waals surface area contributed by atoms with Crippen LogP contribution >= 0.6 is 0 Å². The van der Waals surface area contributed by atoms with E-state index in [1.807, 2.05) is 0 Å². The standard InChI is InChI=1S/CH2O3.GeO.Li/c2-1(3)4;1-2;/h(H2,2,3,4);;/q;;+1/p-1. The summed E-state index contributed by atoms with van der Waals surface area (Å²) in [6.45, 7) is 0. The summed E-state index contributed by atoms with van der Waals surface area (Å²) < 4.78 is 8.25. The van der Waals surface area contributed by atoms with Crippen LogP contribution in [-0.4, -0.2) is 27.7 Å². The molecule has 0 amide bonds. The summed E-state index contributed by atoms with van der Waals surface area (Å²) in [5.41, 5.74) is 0. The molecule has 0 spiro atoms. The summed E-state index contributed by atoms with van der Waals surface area (Å²) in [6.07, 6.45) is -2.08. The number of hydrogen-bond acceptors (Lipinski definition) is 3. The molecular formula is CHGeLiO4. The number of carboxylic acid groups (broad SMARTS) is 2. The van der Waals surface area contributed by atoms with Gasteiger partial charge in [0.15, 0.2) is 0 Å². The van der Waals surface area contributed by atoms with Crippen molar-refractivity contribution in [3.63, 3.8) is 0 Å². The molecule has 1 N–H and O–H groups in total. The second-order valence-electron chi connectivity index (χ2n) is 0.266. The third-order valence-electron chi connectivity index (χ3n) is 0. The molecule has 0 saturated carbocycles. The Morgan fingerprint density at radius 3 is 1.57 bits per heavy atom. The SMILES string of the molecule is O=C([O-])O.[Li+].[O]=[Ge]. The van der Waals surface area contributed by atoms with Crippen LogP contribution in [0.3, 0.4) is 0 Å². The number of hydrogen-bond donors (Lipinski definition) is 1. The van der Waals surface area contributed by atoms with Gasteiger partial charge in [-0.2, -0.15) is 0 Å². The van der Waals surface area contributed by atoms with Gasteiger partial charge in [0.05, 0.1) is 0 Å². The first-order valence-electron chi connectivity index (χ1n) is 0.836. The fraction of sp³-hybridized carbons (Fsp3) is 0. The predicted octanol–water partition coefficient (Wildman–Crippen LogP) is -4.61. The Hall–Kier alpha value is 0.210. The van der Waals surface area contributed by atoms with E-state index in [4.69, 9.17) is 18.8 Å². The Balaban J connectivity index is -0.0000000480. The second-order valence-corrected chi connectivity index (χ2v) is 0.266. The van der Waals surface area contributed by atoms with Crippen molar-refractivity contribution < 1.29 is 37.6 Å². The summed E-state index contributed by atoms with van der Waals surface area (Å²) >= 11 is 0.750. The summed E-state index contributed by atoms with van der Waals surface area (Å²) in [6, 6.07) is 0. The van der Waals surface area contributed by atoms with Crippen LogP contribution in [0.15, 0.2) is 0 Å². The zero-order chi connectivity index (χ0) is 5.58. The molecule has 0 bridgehead atoms. The van der Waals surface area contributed by atoms with Crippen molar-refractivity contribution >= 4 is 22.6 Å². The quantitative estimate of drug-likeness (QED) is 0.358. The van der Waals surface area contributed by atoms with Crippen LogP contribution in [0.5, 0.6) is 0 Å². The molecule has 34 valence electrons. The van der Waals surface area contributed by atoms with Crippen molar-refractivity contribution in [1.82, 2.24) is 0 Å². The van der Waals surface area contributed by atoms with Crippen LogP contribution < -0.4 is 24.0 Å².